The van der Waals surface area contributed by atoms with Crippen LogP contribution in [0.4, 0.5) is 0 Å². The third-order valence-corrected chi connectivity index (χ3v) is 4.90. The normalized spacial score (nSPS) is 20.6. The second-order valence-electron chi connectivity index (χ2n) is 6.63. The molecule has 2 aliphatic heterocycles. The van der Waals surface area contributed by atoms with Crippen LogP contribution in [0.2, 0.25) is 0 Å². The van der Waals surface area contributed by atoms with Crippen molar-refractivity contribution < 1.29 is 19.1 Å². The first-order valence-electron chi connectivity index (χ1n) is 8.96. The zero-order chi connectivity index (χ0) is 17.6. The molecule has 6 nitrogen and oxygen atoms in total. The summed E-state index contributed by atoms with van der Waals surface area (Å²) in [6.45, 7) is 3.18. The molecule has 2 saturated heterocycles. The summed E-state index contributed by atoms with van der Waals surface area (Å²) in [6, 6.07) is 7.58. The predicted molar refractivity (Wildman–Crippen MR) is 93.4 cm³/mol. The highest BCUT2D eigenvalue weighted by Gasteiger charge is 2.27. The Morgan fingerprint density at radius 1 is 1.16 bits per heavy atom. The molecular formula is C19H26N2O4. The molecule has 0 spiro atoms. The first kappa shape index (κ1) is 17.7. The van der Waals surface area contributed by atoms with Crippen LogP contribution in [0.5, 0.6) is 5.75 Å². The van der Waals surface area contributed by atoms with Crippen molar-refractivity contribution in [3.8, 4) is 5.75 Å². The van der Waals surface area contributed by atoms with Gasteiger partial charge in [-0.1, -0.05) is 12.1 Å². The number of rotatable bonds is 5. The molecule has 3 rings (SSSR count). The zero-order valence-corrected chi connectivity index (χ0v) is 14.8. The van der Waals surface area contributed by atoms with Gasteiger partial charge in [0.15, 0.2) is 0 Å². The van der Waals surface area contributed by atoms with E-state index >= 15 is 0 Å². The average molecular weight is 346 g/mol. The molecule has 0 saturated carbocycles. The quantitative estimate of drug-likeness (QED) is 0.810. The van der Waals surface area contributed by atoms with Crippen LogP contribution in [0, 0.1) is 0 Å². The van der Waals surface area contributed by atoms with Gasteiger partial charge in [-0.15, -0.1) is 0 Å². The smallest absolute Gasteiger partial charge is 0.227 e. The Labute approximate surface area is 148 Å². The van der Waals surface area contributed by atoms with Crippen molar-refractivity contribution in [2.24, 2.45) is 0 Å². The third-order valence-electron chi connectivity index (χ3n) is 4.90. The highest BCUT2D eigenvalue weighted by molar-refractivity contribution is 5.80. The molecule has 0 aliphatic carbocycles. The lowest BCUT2D eigenvalue weighted by atomic mass is 10.1. The molecule has 0 radical (unpaired) electrons. The number of piperazine rings is 1. The van der Waals surface area contributed by atoms with Gasteiger partial charge in [0.05, 0.1) is 26.1 Å². The standard InChI is InChI=1S/C19H26N2O4/c1-24-16-5-2-4-15(12-16)13-18(22)20-7-9-21(10-8-20)19(23)14-17-6-3-11-25-17/h2,4-5,12,17H,3,6-11,13-14H2,1H3/t17-/m0/s1. The van der Waals surface area contributed by atoms with Gasteiger partial charge in [-0.25, -0.2) is 0 Å². The Morgan fingerprint density at radius 3 is 2.52 bits per heavy atom. The van der Waals surface area contributed by atoms with Gasteiger partial charge in [-0.2, -0.15) is 0 Å². The number of hydrogen-bond acceptors (Lipinski definition) is 4. The Balaban J connectivity index is 1.46. The van der Waals surface area contributed by atoms with E-state index in [1.807, 2.05) is 34.1 Å². The van der Waals surface area contributed by atoms with Gasteiger partial charge in [0.25, 0.3) is 0 Å². The fraction of sp³-hybridized carbons (Fsp3) is 0.579. The fourth-order valence-corrected chi connectivity index (χ4v) is 3.40. The van der Waals surface area contributed by atoms with Crippen LogP contribution < -0.4 is 4.74 Å². The highest BCUT2D eigenvalue weighted by atomic mass is 16.5. The number of hydrogen-bond donors (Lipinski definition) is 0. The molecule has 1 aromatic rings. The maximum Gasteiger partial charge on any atom is 0.227 e. The number of benzene rings is 1. The molecule has 1 aromatic carbocycles. The summed E-state index contributed by atoms with van der Waals surface area (Å²) in [5.74, 6) is 1.00. The summed E-state index contributed by atoms with van der Waals surface area (Å²) in [6.07, 6.45) is 2.94. The van der Waals surface area contributed by atoms with Gasteiger partial charge < -0.3 is 19.3 Å². The molecule has 2 amide bonds. The van der Waals surface area contributed by atoms with Crippen LogP contribution in [0.15, 0.2) is 24.3 Å². The summed E-state index contributed by atoms with van der Waals surface area (Å²) >= 11 is 0. The molecule has 25 heavy (non-hydrogen) atoms. The fourth-order valence-electron chi connectivity index (χ4n) is 3.40. The third kappa shape index (κ3) is 4.72. The van der Waals surface area contributed by atoms with E-state index in [1.54, 1.807) is 7.11 Å². The number of ether oxygens (including phenoxy) is 2. The lowest BCUT2D eigenvalue weighted by molar-refractivity contribution is -0.140. The molecule has 0 N–H and O–H groups in total. The highest BCUT2D eigenvalue weighted by Crippen LogP contribution is 2.18. The second kappa shape index (κ2) is 8.34. The van der Waals surface area contributed by atoms with E-state index in [-0.39, 0.29) is 17.9 Å². The van der Waals surface area contributed by atoms with Crippen LogP contribution in [-0.2, 0) is 20.7 Å². The van der Waals surface area contributed by atoms with Crippen molar-refractivity contribution in [3.05, 3.63) is 29.8 Å². The maximum absolute atomic E-state index is 12.5. The van der Waals surface area contributed by atoms with Crippen molar-refractivity contribution in [2.75, 3.05) is 39.9 Å². The Hall–Kier alpha value is -2.08. The Morgan fingerprint density at radius 2 is 1.88 bits per heavy atom. The van der Waals surface area contributed by atoms with E-state index in [1.165, 1.54) is 0 Å². The molecular weight excluding hydrogens is 320 g/mol. The van der Waals surface area contributed by atoms with Crippen LogP contribution in [-0.4, -0.2) is 67.6 Å². The van der Waals surface area contributed by atoms with Gasteiger partial charge in [-0.05, 0) is 30.5 Å². The van der Waals surface area contributed by atoms with Crippen molar-refractivity contribution in [1.29, 1.82) is 0 Å². The molecule has 136 valence electrons. The zero-order valence-electron chi connectivity index (χ0n) is 14.8. The molecule has 0 unspecified atom stereocenters. The minimum absolute atomic E-state index is 0.0835. The SMILES string of the molecule is COc1cccc(CC(=O)N2CCN(C(=O)C[C@@H]3CCCO3)CC2)c1. The summed E-state index contributed by atoms with van der Waals surface area (Å²) in [5, 5.41) is 0. The first-order chi connectivity index (χ1) is 12.2. The second-order valence-corrected chi connectivity index (χ2v) is 6.63. The molecule has 1 atom stereocenters. The summed E-state index contributed by atoms with van der Waals surface area (Å²) in [7, 11) is 1.62. The van der Waals surface area contributed by atoms with Crippen molar-refractivity contribution >= 4 is 11.8 Å². The van der Waals surface area contributed by atoms with Gasteiger partial charge in [-0.3, -0.25) is 9.59 Å². The number of nitrogens with zero attached hydrogens (tertiary/aromatic N) is 2. The predicted octanol–water partition coefficient (Wildman–Crippen LogP) is 1.48. The number of amides is 2. The van der Waals surface area contributed by atoms with E-state index in [2.05, 4.69) is 0 Å². The minimum Gasteiger partial charge on any atom is -0.497 e. The van der Waals surface area contributed by atoms with E-state index in [0.717, 1.165) is 30.8 Å². The minimum atomic E-state index is 0.0835. The molecule has 0 aromatic heterocycles. The number of carbonyl (C=O) groups excluding carboxylic acids is 2. The molecule has 2 fully saturated rings. The molecule has 2 aliphatic rings. The first-order valence-corrected chi connectivity index (χ1v) is 8.96. The molecule has 6 heteroatoms. The Kier molecular flexibility index (Phi) is 5.91. The molecule has 2 heterocycles. The van der Waals surface area contributed by atoms with Crippen LogP contribution >= 0.6 is 0 Å². The lowest BCUT2D eigenvalue weighted by Crippen LogP contribution is -2.51. The van der Waals surface area contributed by atoms with E-state index in [9.17, 15) is 9.59 Å². The summed E-state index contributed by atoms with van der Waals surface area (Å²) < 4.78 is 10.7. The van der Waals surface area contributed by atoms with E-state index in [0.29, 0.717) is 39.0 Å². The van der Waals surface area contributed by atoms with Crippen LogP contribution in [0.25, 0.3) is 0 Å². The van der Waals surface area contributed by atoms with Crippen LogP contribution in [0.1, 0.15) is 24.8 Å². The van der Waals surface area contributed by atoms with Gasteiger partial charge in [0, 0.05) is 32.8 Å². The Bertz CT molecular complexity index is 605. The van der Waals surface area contributed by atoms with E-state index < -0.39 is 0 Å². The van der Waals surface area contributed by atoms with E-state index in [4.69, 9.17) is 9.47 Å². The maximum atomic E-state index is 12.5. The molecule has 0 bridgehead atoms. The van der Waals surface area contributed by atoms with Crippen molar-refractivity contribution in [2.45, 2.75) is 31.8 Å². The van der Waals surface area contributed by atoms with Gasteiger partial charge >= 0.3 is 0 Å². The summed E-state index contributed by atoms with van der Waals surface area (Å²) in [4.78, 5) is 28.5. The monoisotopic (exact) mass is 346 g/mol. The largest absolute Gasteiger partial charge is 0.497 e. The van der Waals surface area contributed by atoms with Crippen molar-refractivity contribution in [1.82, 2.24) is 9.80 Å². The average Bonchev–Trinajstić information content (AvgIpc) is 3.15. The topological polar surface area (TPSA) is 59.1 Å². The lowest BCUT2D eigenvalue weighted by Gasteiger charge is -2.35. The summed E-state index contributed by atoms with van der Waals surface area (Å²) in [5.41, 5.74) is 0.946. The van der Waals surface area contributed by atoms with Crippen LogP contribution in [0.3, 0.4) is 0 Å². The van der Waals surface area contributed by atoms with Crippen molar-refractivity contribution in [3.63, 3.8) is 0 Å². The number of carbonyl (C=O) groups is 2. The van der Waals surface area contributed by atoms with Gasteiger partial charge in [0.2, 0.25) is 11.8 Å². The number of methoxy groups -OCH3 is 1. The van der Waals surface area contributed by atoms with Gasteiger partial charge in [0.1, 0.15) is 5.75 Å².